The van der Waals surface area contributed by atoms with E-state index >= 15 is 0 Å². The van der Waals surface area contributed by atoms with Gasteiger partial charge in [0.05, 0.1) is 12.5 Å². The standard InChI is InChI=1S/C17H19N3O5/c1-11(21)20-14-15(19-8-7-18-14)25-16(22)17(23,12-4-2-3-5-12)13-6-9-24-10-13/h6-10,12,23H,2-5H2,1H3,(H,18,20,21)/t17-/m1/s1. The lowest BCUT2D eigenvalue weighted by Gasteiger charge is -2.30. The second kappa shape index (κ2) is 7.02. The van der Waals surface area contributed by atoms with Crippen LogP contribution in [0.15, 0.2) is 35.4 Å². The average molecular weight is 345 g/mol. The molecule has 1 fully saturated rings. The molecule has 8 heteroatoms. The highest BCUT2D eigenvalue weighted by atomic mass is 16.6. The van der Waals surface area contributed by atoms with E-state index < -0.39 is 11.6 Å². The third kappa shape index (κ3) is 3.39. The van der Waals surface area contributed by atoms with E-state index in [0.717, 1.165) is 12.8 Å². The molecule has 132 valence electrons. The maximum atomic E-state index is 12.9. The molecule has 0 aromatic carbocycles. The number of furan rings is 1. The molecule has 2 N–H and O–H groups in total. The summed E-state index contributed by atoms with van der Waals surface area (Å²) in [5, 5.41) is 13.6. The molecular formula is C17H19N3O5. The van der Waals surface area contributed by atoms with Gasteiger partial charge in [-0.15, -0.1) is 0 Å². The molecule has 0 aliphatic heterocycles. The van der Waals surface area contributed by atoms with E-state index in [9.17, 15) is 14.7 Å². The number of aliphatic hydroxyl groups is 1. The Morgan fingerprint density at radius 3 is 2.68 bits per heavy atom. The van der Waals surface area contributed by atoms with Gasteiger partial charge in [-0.05, 0) is 18.9 Å². The van der Waals surface area contributed by atoms with Crippen LogP contribution in [0.3, 0.4) is 0 Å². The molecule has 1 amide bonds. The van der Waals surface area contributed by atoms with Crippen molar-refractivity contribution in [1.29, 1.82) is 0 Å². The van der Waals surface area contributed by atoms with E-state index in [2.05, 4.69) is 15.3 Å². The van der Waals surface area contributed by atoms with Crippen molar-refractivity contribution in [2.45, 2.75) is 38.2 Å². The predicted octanol–water partition coefficient (Wildman–Crippen LogP) is 2.01. The number of anilines is 1. The quantitative estimate of drug-likeness (QED) is 0.797. The predicted molar refractivity (Wildman–Crippen MR) is 86.5 cm³/mol. The zero-order valence-electron chi connectivity index (χ0n) is 13.8. The topological polar surface area (TPSA) is 115 Å². The zero-order valence-corrected chi connectivity index (χ0v) is 13.8. The van der Waals surface area contributed by atoms with Crippen LogP contribution in [0.5, 0.6) is 5.88 Å². The molecule has 2 aromatic rings. The minimum absolute atomic E-state index is 0.0179. The minimum atomic E-state index is -1.84. The summed E-state index contributed by atoms with van der Waals surface area (Å²) >= 11 is 0. The van der Waals surface area contributed by atoms with Crippen molar-refractivity contribution in [3.05, 3.63) is 36.5 Å². The van der Waals surface area contributed by atoms with Crippen LogP contribution in [0.4, 0.5) is 5.82 Å². The third-order valence-corrected chi connectivity index (χ3v) is 4.37. The highest BCUT2D eigenvalue weighted by Crippen LogP contribution is 2.42. The molecule has 2 aromatic heterocycles. The van der Waals surface area contributed by atoms with Crippen LogP contribution in [0.1, 0.15) is 38.2 Å². The molecule has 1 saturated carbocycles. The Balaban J connectivity index is 1.91. The van der Waals surface area contributed by atoms with Gasteiger partial charge in [-0.3, -0.25) is 4.79 Å². The van der Waals surface area contributed by atoms with Crippen LogP contribution in [0, 0.1) is 5.92 Å². The SMILES string of the molecule is CC(=O)Nc1nccnc1OC(=O)[C@](O)(c1ccoc1)C1CCCC1. The van der Waals surface area contributed by atoms with Crippen LogP contribution in [0.2, 0.25) is 0 Å². The number of nitrogens with one attached hydrogen (secondary N) is 1. The molecule has 0 bridgehead atoms. The molecule has 0 spiro atoms. The monoisotopic (exact) mass is 345 g/mol. The molecule has 25 heavy (non-hydrogen) atoms. The Morgan fingerprint density at radius 1 is 1.32 bits per heavy atom. The van der Waals surface area contributed by atoms with Gasteiger partial charge in [0.1, 0.15) is 0 Å². The van der Waals surface area contributed by atoms with Gasteiger partial charge < -0.3 is 19.6 Å². The molecule has 0 radical (unpaired) electrons. The summed E-state index contributed by atoms with van der Waals surface area (Å²) in [4.78, 5) is 32.0. The fourth-order valence-corrected chi connectivity index (χ4v) is 3.16. The first-order valence-electron chi connectivity index (χ1n) is 8.07. The number of carbonyl (C=O) groups excluding carboxylic acids is 2. The maximum Gasteiger partial charge on any atom is 0.350 e. The van der Waals surface area contributed by atoms with Crippen LogP contribution >= 0.6 is 0 Å². The number of carbonyl (C=O) groups is 2. The smallest absolute Gasteiger partial charge is 0.350 e. The van der Waals surface area contributed by atoms with E-state index in [4.69, 9.17) is 9.15 Å². The Morgan fingerprint density at radius 2 is 2.04 bits per heavy atom. The molecule has 3 rings (SSSR count). The van der Waals surface area contributed by atoms with Gasteiger partial charge in [-0.2, -0.15) is 0 Å². The van der Waals surface area contributed by atoms with Crippen LogP contribution in [-0.4, -0.2) is 27.0 Å². The number of esters is 1. The molecule has 0 unspecified atom stereocenters. The molecule has 1 aliphatic rings. The van der Waals surface area contributed by atoms with Crippen molar-refractivity contribution in [2.75, 3.05) is 5.32 Å². The first-order valence-corrected chi connectivity index (χ1v) is 8.07. The van der Waals surface area contributed by atoms with E-state index in [1.165, 1.54) is 31.8 Å². The molecule has 2 heterocycles. The summed E-state index contributed by atoms with van der Waals surface area (Å²) < 4.78 is 10.4. The summed E-state index contributed by atoms with van der Waals surface area (Å²) in [6.45, 7) is 1.31. The molecule has 1 aliphatic carbocycles. The lowest BCUT2D eigenvalue weighted by Crippen LogP contribution is -2.44. The molecule has 1 atom stereocenters. The van der Waals surface area contributed by atoms with Crippen LogP contribution < -0.4 is 10.1 Å². The van der Waals surface area contributed by atoms with Gasteiger partial charge in [-0.1, -0.05) is 12.8 Å². The average Bonchev–Trinajstić information content (AvgIpc) is 3.29. The van der Waals surface area contributed by atoms with Crippen molar-refractivity contribution in [3.8, 4) is 5.88 Å². The second-order valence-corrected chi connectivity index (χ2v) is 6.04. The van der Waals surface area contributed by atoms with Crippen molar-refractivity contribution in [3.63, 3.8) is 0 Å². The van der Waals surface area contributed by atoms with Crippen molar-refractivity contribution in [1.82, 2.24) is 9.97 Å². The Labute approximate surface area is 144 Å². The summed E-state index contributed by atoms with van der Waals surface area (Å²) in [6, 6.07) is 1.55. The lowest BCUT2D eigenvalue weighted by atomic mass is 9.81. The van der Waals surface area contributed by atoms with Crippen molar-refractivity contribution >= 4 is 17.7 Å². The molecule has 8 nitrogen and oxygen atoms in total. The largest absolute Gasteiger partial charge is 0.472 e. The van der Waals surface area contributed by atoms with E-state index in [1.54, 1.807) is 6.07 Å². The highest BCUT2D eigenvalue weighted by Gasteiger charge is 2.49. The fraction of sp³-hybridized carbons (Fsp3) is 0.412. The first kappa shape index (κ1) is 17.1. The van der Waals surface area contributed by atoms with Gasteiger partial charge in [0.25, 0.3) is 5.88 Å². The van der Waals surface area contributed by atoms with Crippen molar-refractivity contribution in [2.24, 2.45) is 5.92 Å². The van der Waals surface area contributed by atoms with Gasteiger partial charge in [-0.25, -0.2) is 14.8 Å². The normalized spacial score (nSPS) is 17.0. The zero-order chi connectivity index (χ0) is 17.9. The van der Waals surface area contributed by atoms with E-state index in [0.29, 0.717) is 18.4 Å². The Hall–Kier alpha value is -2.74. The lowest BCUT2D eigenvalue weighted by molar-refractivity contribution is -0.163. The highest BCUT2D eigenvalue weighted by molar-refractivity contribution is 5.90. The van der Waals surface area contributed by atoms with Gasteiger partial charge in [0.15, 0.2) is 11.4 Å². The van der Waals surface area contributed by atoms with Crippen molar-refractivity contribution < 1.29 is 23.8 Å². The maximum absolute atomic E-state index is 12.9. The number of rotatable bonds is 5. The van der Waals surface area contributed by atoms with E-state index in [1.807, 2.05) is 0 Å². The number of nitrogens with zero attached hydrogens (tertiary/aromatic N) is 2. The second-order valence-electron chi connectivity index (χ2n) is 6.04. The van der Waals surface area contributed by atoms with Crippen LogP contribution in [0.25, 0.3) is 0 Å². The van der Waals surface area contributed by atoms with Gasteiger partial charge >= 0.3 is 5.97 Å². The fourth-order valence-electron chi connectivity index (χ4n) is 3.16. The summed E-state index contributed by atoms with van der Waals surface area (Å²) in [5.41, 5.74) is -1.50. The van der Waals surface area contributed by atoms with Gasteiger partial charge in [0, 0.05) is 30.8 Å². The molecular weight excluding hydrogens is 326 g/mol. The Bertz CT molecular complexity index is 755. The number of hydrogen-bond acceptors (Lipinski definition) is 7. The number of hydrogen-bond donors (Lipinski definition) is 2. The first-order chi connectivity index (χ1) is 12.0. The third-order valence-electron chi connectivity index (χ3n) is 4.37. The summed E-state index contributed by atoms with van der Waals surface area (Å²) in [6.07, 6.45) is 8.70. The molecule has 0 saturated heterocycles. The van der Waals surface area contributed by atoms with Gasteiger partial charge in [0.2, 0.25) is 5.91 Å². The summed E-state index contributed by atoms with van der Waals surface area (Å²) in [5.74, 6) is -1.67. The minimum Gasteiger partial charge on any atom is -0.472 e. The Kier molecular flexibility index (Phi) is 4.80. The number of amides is 1. The number of aromatic nitrogens is 2. The van der Waals surface area contributed by atoms with Crippen LogP contribution in [-0.2, 0) is 15.2 Å². The number of ether oxygens (including phenoxy) is 1. The van der Waals surface area contributed by atoms with E-state index in [-0.39, 0.29) is 23.5 Å². The summed E-state index contributed by atoms with van der Waals surface area (Å²) in [7, 11) is 0.